The van der Waals surface area contributed by atoms with Gasteiger partial charge in [0.1, 0.15) is 6.61 Å². The Hall–Kier alpha value is -1.62. The Morgan fingerprint density at radius 3 is 2.67 bits per heavy atom. The average molecular weight is 210 g/mol. The predicted molar refractivity (Wildman–Crippen MR) is 57.1 cm³/mol. The van der Waals surface area contributed by atoms with Gasteiger partial charge in [-0.25, -0.2) is 0 Å². The van der Waals surface area contributed by atoms with E-state index in [9.17, 15) is 0 Å². The summed E-state index contributed by atoms with van der Waals surface area (Å²) in [6, 6.07) is 3.40. The van der Waals surface area contributed by atoms with Gasteiger partial charge in [0.2, 0.25) is 0 Å². The lowest BCUT2D eigenvalue weighted by atomic mass is 10.2. The number of rotatable bonds is 2. The molecule has 1 aliphatic heterocycles. The van der Waals surface area contributed by atoms with Gasteiger partial charge in [-0.2, -0.15) is 0 Å². The van der Waals surface area contributed by atoms with Crippen LogP contribution >= 0.6 is 0 Å². The minimum atomic E-state index is -0.133. The summed E-state index contributed by atoms with van der Waals surface area (Å²) in [5.74, 6) is 1.05. The van der Waals surface area contributed by atoms with Crippen LogP contribution in [0.3, 0.4) is 0 Å². The number of hydrogen-bond donors (Lipinski definition) is 2. The van der Waals surface area contributed by atoms with Crippen LogP contribution in [-0.2, 0) is 4.74 Å². The Bertz CT molecular complexity index is 368. The van der Waals surface area contributed by atoms with Gasteiger partial charge >= 0.3 is 0 Å². The van der Waals surface area contributed by atoms with Crippen molar-refractivity contribution in [1.82, 2.24) is 0 Å². The van der Waals surface area contributed by atoms with Crippen LogP contribution in [0.1, 0.15) is 0 Å². The molecule has 0 saturated heterocycles. The van der Waals surface area contributed by atoms with Gasteiger partial charge in [0, 0.05) is 7.11 Å². The molecule has 0 bridgehead atoms. The fourth-order valence-electron chi connectivity index (χ4n) is 1.51. The first-order chi connectivity index (χ1) is 7.22. The molecule has 1 aromatic carbocycles. The molecule has 2 rings (SSSR count). The largest absolute Gasteiger partial charge is 0.484 e. The number of methoxy groups -OCH3 is 1. The second-order valence-corrected chi connectivity index (χ2v) is 3.41. The number of nitrogens with two attached hydrogens (primary N) is 2. The molecule has 0 radical (unpaired) electrons. The van der Waals surface area contributed by atoms with Crippen molar-refractivity contribution in [3.63, 3.8) is 0 Å². The molecule has 5 nitrogen and oxygen atoms in total. The van der Waals surface area contributed by atoms with E-state index in [2.05, 4.69) is 0 Å². The highest BCUT2D eigenvalue weighted by atomic mass is 16.6. The van der Waals surface area contributed by atoms with Crippen molar-refractivity contribution in [1.29, 1.82) is 0 Å². The van der Waals surface area contributed by atoms with Crippen molar-refractivity contribution in [2.24, 2.45) is 0 Å². The number of ether oxygens (including phenoxy) is 3. The molecule has 15 heavy (non-hydrogen) atoms. The number of benzene rings is 1. The van der Waals surface area contributed by atoms with Crippen LogP contribution < -0.4 is 20.9 Å². The van der Waals surface area contributed by atoms with Crippen LogP contribution in [0.5, 0.6) is 11.5 Å². The van der Waals surface area contributed by atoms with E-state index in [4.69, 9.17) is 25.7 Å². The zero-order valence-corrected chi connectivity index (χ0v) is 8.53. The van der Waals surface area contributed by atoms with Gasteiger partial charge in [-0.05, 0) is 12.1 Å². The van der Waals surface area contributed by atoms with E-state index < -0.39 is 0 Å². The fraction of sp³-hybridized carbons (Fsp3) is 0.400. The normalized spacial score (nSPS) is 18.9. The summed E-state index contributed by atoms with van der Waals surface area (Å²) in [5.41, 5.74) is 12.6. The molecular formula is C10H14N2O3. The lowest BCUT2D eigenvalue weighted by Crippen LogP contribution is -2.33. The molecule has 0 spiro atoms. The van der Waals surface area contributed by atoms with Crippen molar-refractivity contribution in [2.75, 3.05) is 31.8 Å². The van der Waals surface area contributed by atoms with Crippen LogP contribution in [0.15, 0.2) is 12.1 Å². The zero-order chi connectivity index (χ0) is 10.8. The highest BCUT2D eigenvalue weighted by Crippen LogP contribution is 2.41. The van der Waals surface area contributed by atoms with Crippen LogP contribution in [0.25, 0.3) is 0 Å². The number of anilines is 2. The maximum atomic E-state index is 5.77. The minimum Gasteiger partial charge on any atom is -0.484 e. The highest BCUT2D eigenvalue weighted by molar-refractivity contribution is 5.71. The molecule has 82 valence electrons. The quantitative estimate of drug-likeness (QED) is 0.700. The van der Waals surface area contributed by atoms with Crippen molar-refractivity contribution in [3.8, 4) is 11.5 Å². The summed E-state index contributed by atoms with van der Waals surface area (Å²) >= 11 is 0. The molecule has 0 fully saturated rings. The van der Waals surface area contributed by atoms with Gasteiger partial charge in [0.05, 0.1) is 18.0 Å². The third kappa shape index (κ3) is 1.78. The molecule has 1 aromatic rings. The first kappa shape index (κ1) is 9.92. The third-order valence-electron chi connectivity index (χ3n) is 2.22. The molecule has 0 saturated carbocycles. The standard InChI is InChI=1S/C10H14N2O3/c1-13-4-6-5-14-9-7(11)2-3-8(12)10(9)15-6/h2-3,6H,4-5,11-12H2,1H3/t6-/m0/s1. The number of hydrogen-bond acceptors (Lipinski definition) is 5. The van der Waals surface area contributed by atoms with Gasteiger partial charge in [0.15, 0.2) is 17.6 Å². The molecular weight excluding hydrogens is 196 g/mol. The van der Waals surface area contributed by atoms with E-state index >= 15 is 0 Å². The molecule has 0 aromatic heterocycles. The Morgan fingerprint density at radius 1 is 1.33 bits per heavy atom. The molecule has 5 heteroatoms. The van der Waals surface area contributed by atoms with E-state index in [1.54, 1.807) is 19.2 Å². The lowest BCUT2D eigenvalue weighted by Gasteiger charge is -2.27. The van der Waals surface area contributed by atoms with Crippen LogP contribution in [0, 0.1) is 0 Å². The molecule has 0 amide bonds. The van der Waals surface area contributed by atoms with E-state index in [0.29, 0.717) is 36.1 Å². The van der Waals surface area contributed by atoms with E-state index in [1.807, 2.05) is 0 Å². The zero-order valence-electron chi connectivity index (χ0n) is 8.53. The Labute approximate surface area is 87.9 Å². The molecule has 1 heterocycles. The third-order valence-corrected chi connectivity index (χ3v) is 2.22. The predicted octanol–water partition coefficient (Wildman–Crippen LogP) is 0.637. The summed E-state index contributed by atoms with van der Waals surface area (Å²) in [6.45, 7) is 0.891. The van der Waals surface area contributed by atoms with Crippen LogP contribution in [-0.4, -0.2) is 26.4 Å². The second-order valence-electron chi connectivity index (χ2n) is 3.41. The topological polar surface area (TPSA) is 79.7 Å². The van der Waals surface area contributed by atoms with Crippen molar-refractivity contribution in [2.45, 2.75) is 6.10 Å². The molecule has 4 N–H and O–H groups in total. The van der Waals surface area contributed by atoms with Gasteiger partial charge in [-0.15, -0.1) is 0 Å². The first-order valence-corrected chi connectivity index (χ1v) is 4.68. The van der Waals surface area contributed by atoms with E-state index in [-0.39, 0.29) is 6.10 Å². The second kappa shape index (κ2) is 3.86. The number of fused-ring (bicyclic) bond motifs is 1. The van der Waals surface area contributed by atoms with Crippen LogP contribution in [0.4, 0.5) is 11.4 Å². The summed E-state index contributed by atoms with van der Waals surface area (Å²) in [6.07, 6.45) is -0.133. The Morgan fingerprint density at radius 2 is 2.00 bits per heavy atom. The highest BCUT2D eigenvalue weighted by Gasteiger charge is 2.24. The number of nitrogen functional groups attached to an aromatic ring is 2. The van der Waals surface area contributed by atoms with Crippen molar-refractivity contribution < 1.29 is 14.2 Å². The molecule has 1 atom stereocenters. The van der Waals surface area contributed by atoms with Gasteiger partial charge < -0.3 is 25.7 Å². The summed E-state index contributed by atoms with van der Waals surface area (Å²) in [5, 5.41) is 0. The minimum absolute atomic E-state index is 0.133. The van der Waals surface area contributed by atoms with Gasteiger partial charge in [-0.1, -0.05) is 0 Å². The van der Waals surface area contributed by atoms with Gasteiger partial charge in [0.25, 0.3) is 0 Å². The summed E-state index contributed by atoms with van der Waals surface area (Å²) in [4.78, 5) is 0. The molecule has 0 unspecified atom stereocenters. The van der Waals surface area contributed by atoms with E-state index in [0.717, 1.165) is 0 Å². The maximum absolute atomic E-state index is 5.77. The first-order valence-electron chi connectivity index (χ1n) is 4.68. The van der Waals surface area contributed by atoms with Crippen LogP contribution in [0.2, 0.25) is 0 Å². The summed E-state index contributed by atoms with van der Waals surface area (Å²) < 4.78 is 16.1. The maximum Gasteiger partial charge on any atom is 0.186 e. The van der Waals surface area contributed by atoms with Crippen molar-refractivity contribution in [3.05, 3.63) is 12.1 Å². The lowest BCUT2D eigenvalue weighted by molar-refractivity contribution is 0.0283. The fourth-order valence-corrected chi connectivity index (χ4v) is 1.51. The smallest absolute Gasteiger partial charge is 0.186 e. The van der Waals surface area contributed by atoms with E-state index in [1.165, 1.54) is 0 Å². The van der Waals surface area contributed by atoms with Gasteiger partial charge in [-0.3, -0.25) is 0 Å². The van der Waals surface area contributed by atoms with Crippen molar-refractivity contribution >= 4 is 11.4 Å². The Balaban J connectivity index is 2.28. The molecule has 0 aliphatic carbocycles. The monoisotopic (exact) mass is 210 g/mol. The average Bonchev–Trinajstić information content (AvgIpc) is 2.24. The molecule has 1 aliphatic rings. The SMILES string of the molecule is COC[C@H]1COc2c(N)ccc(N)c2O1. The Kier molecular flexibility index (Phi) is 2.55. The summed E-state index contributed by atoms with van der Waals surface area (Å²) in [7, 11) is 1.61.